The number of aliphatic hydroxyl groups is 1. The van der Waals surface area contributed by atoms with E-state index < -0.39 is 5.41 Å². The second-order valence-corrected chi connectivity index (χ2v) is 9.44. The van der Waals surface area contributed by atoms with Gasteiger partial charge in [0.25, 0.3) is 0 Å². The number of fused-ring (bicyclic) bond motifs is 2. The van der Waals surface area contributed by atoms with Crippen LogP contribution in [0.4, 0.5) is 17.3 Å². The third kappa shape index (κ3) is 4.38. The largest absolute Gasteiger partial charge is 0.473 e. The second kappa shape index (κ2) is 9.13. The summed E-state index contributed by atoms with van der Waals surface area (Å²) in [6.07, 6.45) is 2.38. The molecule has 1 aromatic carbocycles. The Hall–Kier alpha value is -3.74. The van der Waals surface area contributed by atoms with Crippen molar-refractivity contribution in [2.45, 2.75) is 45.3 Å². The van der Waals surface area contributed by atoms with Gasteiger partial charge >= 0.3 is 0 Å². The van der Waals surface area contributed by atoms with Gasteiger partial charge in [-0.05, 0) is 43.7 Å². The molecule has 9 nitrogen and oxygen atoms in total. The average Bonchev–Trinajstić information content (AvgIpc) is 3.21. The molecule has 9 heteroatoms. The fraction of sp³-hybridized carbons (Fsp3) is 0.385. The van der Waals surface area contributed by atoms with E-state index in [1.165, 1.54) is 0 Å². The van der Waals surface area contributed by atoms with Gasteiger partial charge in [0.1, 0.15) is 11.8 Å². The molecule has 0 spiro atoms. The number of hydrogen-bond donors (Lipinski definition) is 3. The topological polar surface area (TPSA) is 125 Å². The molecule has 0 saturated heterocycles. The molecule has 3 N–H and O–H groups in total. The summed E-state index contributed by atoms with van der Waals surface area (Å²) in [5.74, 6) is 0.889. The van der Waals surface area contributed by atoms with Crippen molar-refractivity contribution in [3.63, 3.8) is 0 Å². The first kappa shape index (κ1) is 23.0. The van der Waals surface area contributed by atoms with Gasteiger partial charge in [0.15, 0.2) is 0 Å². The van der Waals surface area contributed by atoms with Crippen molar-refractivity contribution in [3.05, 3.63) is 52.8 Å². The molecule has 0 radical (unpaired) electrons. The lowest BCUT2D eigenvalue weighted by Crippen LogP contribution is -2.28. The van der Waals surface area contributed by atoms with Crippen LogP contribution >= 0.6 is 0 Å². The van der Waals surface area contributed by atoms with Gasteiger partial charge in [0.2, 0.25) is 11.8 Å². The first-order valence-corrected chi connectivity index (χ1v) is 11.7. The zero-order valence-corrected chi connectivity index (χ0v) is 20.1. The van der Waals surface area contributed by atoms with Gasteiger partial charge in [0, 0.05) is 35.7 Å². The van der Waals surface area contributed by atoms with Crippen LogP contribution in [0.15, 0.2) is 30.5 Å². The summed E-state index contributed by atoms with van der Waals surface area (Å²) in [7, 11) is 0. The summed E-state index contributed by atoms with van der Waals surface area (Å²) in [5, 5.41) is 26.3. The maximum atomic E-state index is 9.99. The molecule has 0 fully saturated rings. The van der Waals surface area contributed by atoms with Crippen LogP contribution < -0.4 is 15.4 Å². The van der Waals surface area contributed by atoms with Crippen molar-refractivity contribution in [1.82, 2.24) is 15.0 Å². The molecule has 0 aliphatic carbocycles. The minimum atomic E-state index is -0.467. The molecule has 2 aliphatic heterocycles. The summed E-state index contributed by atoms with van der Waals surface area (Å²) >= 11 is 0. The highest BCUT2D eigenvalue weighted by molar-refractivity contribution is 5.76. The number of aliphatic hydroxyl groups excluding tert-OH is 1. The fourth-order valence-electron chi connectivity index (χ4n) is 4.43. The Bertz CT molecular complexity index is 1320. The van der Waals surface area contributed by atoms with Crippen molar-refractivity contribution in [3.8, 4) is 23.2 Å². The second-order valence-electron chi connectivity index (χ2n) is 9.44. The number of pyridine rings is 1. The fourth-order valence-corrected chi connectivity index (χ4v) is 4.43. The zero-order valence-electron chi connectivity index (χ0n) is 20.1. The summed E-state index contributed by atoms with van der Waals surface area (Å²) in [4.78, 5) is 13.8. The standard InChI is InChI=1S/C26H28N6O3/c1-15(2)35-24-22(10-18-12-34-7-5-21(18)30-24)32-25-28-6-4-20(31-25)16-8-17(11-27)23-19(9-16)26(3,14-33)13-29-23/h4,6,8-10,15,29,33H,5,7,12-14H2,1-3H3,(H,28,31,32). The highest BCUT2D eigenvalue weighted by Gasteiger charge is 2.36. The quantitative estimate of drug-likeness (QED) is 0.492. The van der Waals surface area contributed by atoms with E-state index in [4.69, 9.17) is 19.4 Å². The van der Waals surface area contributed by atoms with E-state index in [9.17, 15) is 10.4 Å². The molecule has 4 heterocycles. The predicted octanol–water partition coefficient (Wildman–Crippen LogP) is 3.69. The van der Waals surface area contributed by atoms with Crippen LogP contribution in [0, 0.1) is 11.3 Å². The minimum Gasteiger partial charge on any atom is -0.473 e. The first-order valence-electron chi connectivity index (χ1n) is 11.7. The third-order valence-corrected chi connectivity index (χ3v) is 6.36. The normalized spacial score (nSPS) is 18.4. The van der Waals surface area contributed by atoms with Gasteiger partial charge in [-0.1, -0.05) is 6.92 Å². The molecular weight excluding hydrogens is 444 g/mol. The Balaban J connectivity index is 1.52. The highest BCUT2D eigenvalue weighted by atomic mass is 16.5. The van der Waals surface area contributed by atoms with E-state index in [-0.39, 0.29) is 12.7 Å². The molecule has 35 heavy (non-hydrogen) atoms. The zero-order chi connectivity index (χ0) is 24.6. The number of nitrogens with zero attached hydrogens (tertiary/aromatic N) is 4. The number of ether oxygens (including phenoxy) is 2. The van der Waals surface area contributed by atoms with Gasteiger partial charge in [-0.2, -0.15) is 5.26 Å². The van der Waals surface area contributed by atoms with Crippen molar-refractivity contribution >= 4 is 17.3 Å². The predicted molar refractivity (Wildman–Crippen MR) is 132 cm³/mol. The highest BCUT2D eigenvalue weighted by Crippen LogP contribution is 2.41. The molecule has 1 atom stereocenters. The van der Waals surface area contributed by atoms with E-state index >= 15 is 0 Å². The van der Waals surface area contributed by atoms with Crippen LogP contribution in [0.3, 0.4) is 0 Å². The van der Waals surface area contributed by atoms with E-state index in [1.807, 2.05) is 39.0 Å². The molecule has 5 rings (SSSR count). The SMILES string of the molecule is CC(C)Oc1nc2c(cc1Nc1nccc(-c3cc(C#N)c4c(c3)C(C)(CO)CN4)n1)COCC2. The molecule has 180 valence electrons. The summed E-state index contributed by atoms with van der Waals surface area (Å²) < 4.78 is 11.6. The lowest BCUT2D eigenvalue weighted by molar-refractivity contribution is 0.108. The molecule has 0 bridgehead atoms. The van der Waals surface area contributed by atoms with Crippen LogP contribution in [0.5, 0.6) is 5.88 Å². The maximum absolute atomic E-state index is 9.99. The molecule has 1 unspecified atom stereocenters. The van der Waals surface area contributed by atoms with E-state index in [0.717, 1.165) is 34.5 Å². The maximum Gasteiger partial charge on any atom is 0.238 e. The van der Waals surface area contributed by atoms with Crippen LogP contribution in [0.1, 0.15) is 43.2 Å². The number of rotatable bonds is 6. The van der Waals surface area contributed by atoms with Crippen LogP contribution in [0.2, 0.25) is 0 Å². The van der Waals surface area contributed by atoms with E-state index in [0.29, 0.717) is 48.5 Å². The Morgan fingerprint density at radius 2 is 2.17 bits per heavy atom. The van der Waals surface area contributed by atoms with Gasteiger partial charge in [-0.3, -0.25) is 0 Å². The number of nitrogens with one attached hydrogen (secondary N) is 2. The van der Waals surface area contributed by atoms with Crippen molar-refractivity contribution in [2.75, 3.05) is 30.4 Å². The molecule has 2 aromatic heterocycles. The van der Waals surface area contributed by atoms with Gasteiger partial charge in [0.05, 0.1) is 48.6 Å². The number of benzene rings is 1. The number of nitriles is 1. The van der Waals surface area contributed by atoms with Gasteiger partial charge in [-0.25, -0.2) is 15.0 Å². The Morgan fingerprint density at radius 3 is 2.94 bits per heavy atom. The molecule has 3 aromatic rings. The number of aromatic nitrogens is 3. The molecular formula is C26H28N6O3. The minimum absolute atomic E-state index is 0.0222. The van der Waals surface area contributed by atoms with Crippen molar-refractivity contribution in [2.24, 2.45) is 0 Å². The van der Waals surface area contributed by atoms with E-state index in [2.05, 4.69) is 21.7 Å². The van der Waals surface area contributed by atoms with Gasteiger partial charge < -0.3 is 25.2 Å². The molecule has 0 saturated carbocycles. The van der Waals surface area contributed by atoms with E-state index in [1.54, 1.807) is 12.3 Å². The third-order valence-electron chi connectivity index (χ3n) is 6.36. The van der Waals surface area contributed by atoms with Crippen LogP contribution in [0.25, 0.3) is 11.3 Å². The molecule has 0 amide bonds. The number of hydrogen-bond acceptors (Lipinski definition) is 9. The van der Waals surface area contributed by atoms with Gasteiger partial charge in [-0.15, -0.1) is 0 Å². The van der Waals surface area contributed by atoms with Crippen LogP contribution in [-0.4, -0.2) is 45.9 Å². The Morgan fingerprint density at radius 1 is 1.31 bits per heavy atom. The smallest absolute Gasteiger partial charge is 0.238 e. The van der Waals surface area contributed by atoms with Crippen molar-refractivity contribution < 1.29 is 14.6 Å². The van der Waals surface area contributed by atoms with Crippen LogP contribution in [-0.2, 0) is 23.2 Å². The Labute approximate surface area is 204 Å². The summed E-state index contributed by atoms with van der Waals surface area (Å²) in [6, 6.07) is 9.86. The monoisotopic (exact) mass is 472 g/mol. The summed E-state index contributed by atoms with van der Waals surface area (Å²) in [6.45, 7) is 7.60. The van der Waals surface area contributed by atoms with Crippen molar-refractivity contribution in [1.29, 1.82) is 5.26 Å². The average molecular weight is 473 g/mol. The lowest BCUT2D eigenvalue weighted by Gasteiger charge is -2.21. The molecule has 2 aliphatic rings. The summed E-state index contributed by atoms with van der Waals surface area (Å²) in [5.41, 5.74) is 5.85. The number of anilines is 3. The lowest BCUT2D eigenvalue weighted by atomic mass is 9.83. The Kier molecular flexibility index (Phi) is 6.01. The first-order chi connectivity index (χ1) is 16.9.